The number of nitrogen functional groups attached to an aromatic ring is 1. The highest BCUT2D eigenvalue weighted by Gasteiger charge is 2.28. The number of nitrogens with one attached hydrogen (secondary N) is 1. The number of aromatic nitrogens is 3. The molecule has 0 bridgehead atoms. The Hall–Kier alpha value is -2.80. The van der Waals surface area contributed by atoms with Crippen LogP contribution in [0.3, 0.4) is 0 Å². The van der Waals surface area contributed by atoms with Crippen LogP contribution in [0.4, 0.5) is 4.39 Å². The first-order valence-corrected chi connectivity index (χ1v) is 7.75. The number of pyridine rings is 1. The first-order valence-electron chi connectivity index (χ1n) is 7.75. The zero-order chi connectivity index (χ0) is 16.8. The number of halogens is 1. The second kappa shape index (κ2) is 5.38. The average molecular weight is 325 g/mol. The van der Waals surface area contributed by atoms with Crippen LogP contribution in [0.2, 0.25) is 0 Å². The second-order valence-electron chi connectivity index (χ2n) is 6.01. The van der Waals surface area contributed by atoms with Gasteiger partial charge in [0, 0.05) is 11.6 Å². The molecule has 1 saturated carbocycles. The standard InChI is InChI=1S/C17H16FN5O/c1-9-15-13(17(24)21-19)8-14(10-2-3-10)20-16(15)23(22-9)12-6-4-11(18)5-7-12/h4-8,10H,2-3,19H2,1H3,(H,21,24). The van der Waals surface area contributed by atoms with E-state index >= 15 is 0 Å². The molecule has 0 unspecified atom stereocenters. The van der Waals surface area contributed by atoms with Crippen molar-refractivity contribution in [3.05, 3.63) is 53.1 Å². The van der Waals surface area contributed by atoms with Crippen molar-refractivity contribution in [2.24, 2.45) is 5.84 Å². The summed E-state index contributed by atoms with van der Waals surface area (Å²) in [6.45, 7) is 1.81. The Morgan fingerprint density at radius 1 is 1.33 bits per heavy atom. The van der Waals surface area contributed by atoms with Gasteiger partial charge in [-0.1, -0.05) is 0 Å². The maximum atomic E-state index is 13.2. The molecule has 24 heavy (non-hydrogen) atoms. The van der Waals surface area contributed by atoms with Crippen molar-refractivity contribution in [3.63, 3.8) is 0 Å². The Morgan fingerprint density at radius 2 is 2.04 bits per heavy atom. The Kier molecular flexibility index (Phi) is 3.31. The molecule has 0 spiro atoms. The van der Waals surface area contributed by atoms with E-state index in [9.17, 15) is 9.18 Å². The number of rotatable bonds is 3. The molecule has 1 aliphatic rings. The quantitative estimate of drug-likeness (QED) is 0.440. The molecule has 1 aromatic carbocycles. The molecule has 1 fully saturated rings. The van der Waals surface area contributed by atoms with E-state index in [1.165, 1.54) is 12.1 Å². The van der Waals surface area contributed by atoms with Gasteiger partial charge in [0.15, 0.2) is 5.65 Å². The molecule has 7 heteroatoms. The van der Waals surface area contributed by atoms with Gasteiger partial charge in [-0.25, -0.2) is 19.9 Å². The zero-order valence-corrected chi connectivity index (χ0v) is 13.1. The minimum Gasteiger partial charge on any atom is -0.290 e. The molecule has 0 atom stereocenters. The summed E-state index contributed by atoms with van der Waals surface area (Å²) in [5, 5.41) is 5.16. The van der Waals surface area contributed by atoms with Crippen LogP contribution >= 0.6 is 0 Å². The Balaban J connectivity index is 2.00. The van der Waals surface area contributed by atoms with Crippen LogP contribution in [0.1, 0.15) is 40.5 Å². The predicted molar refractivity (Wildman–Crippen MR) is 87.2 cm³/mol. The molecule has 3 aromatic rings. The van der Waals surface area contributed by atoms with Gasteiger partial charge in [0.1, 0.15) is 5.82 Å². The normalized spacial score (nSPS) is 14.1. The minimum absolute atomic E-state index is 0.318. The summed E-state index contributed by atoms with van der Waals surface area (Å²) in [5.41, 5.74) is 5.47. The van der Waals surface area contributed by atoms with Crippen molar-refractivity contribution in [1.29, 1.82) is 0 Å². The van der Waals surface area contributed by atoms with E-state index in [0.717, 1.165) is 18.5 Å². The van der Waals surface area contributed by atoms with Gasteiger partial charge in [-0.3, -0.25) is 10.2 Å². The van der Waals surface area contributed by atoms with Crippen LogP contribution in [0.5, 0.6) is 0 Å². The number of hydrogen-bond acceptors (Lipinski definition) is 4. The molecule has 0 aliphatic heterocycles. The lowest BCUT2D eigenvalue weighted by molar-refractivity contribution is 0.0955. The smallest absolute Gasteiger partial charge is 0.266 e. The molecule has 1 aliphatic carbocycles. The third-order valence-electron chi connectivity index (χ3n) is 4.28. The highest BCUT2D eigenvalue weighted by atomic mass is 19.1. The first kappa shape index (κ1) is 14.8. The van der Waals surface area contributed by atoms with Crippen LogP contribution in [-0.4, -0.2) is 20.7 Å². The van der Waals surface area contributed by atoms with E-state index in [2.05, 4.69) is 10.5 Å². The lowest BCUT2D eigenvalue weighted by Crippen LogP contribution is -2.30. The van der Waals surface area contributed by atoms with E-state index < -0.39 is 0 Å². The van der Waals surface area contributed by atoms with Crippen LogP contribution < -0.4 is 11.3 Å². The second-order valence-corrected chi connectivity index (χ2v) is 6.01. The van der Waals surface area contributed by atoms with Gasteiger partial charge >= 0.3 is 0 Å². The third-order valence-corrected chi connectivity index (χ3v) is 4.28. The number of carbonyl (C=O) groups is 1. The van der Waals surface area contributed by atoms with Gasteiger partial charge < -0.3 is 0 Å². The lowest BCUT2D eigenvalue weighted by atomic mass is 10.1. The van der Waals surface area contributed by atoms with Crippen molar-refractivity contribution in [3.8, 4) is 5.69 Å². The Bertz CT molecular complexity index is 944. The van der Waals surface area contributed by atoms with Crippen molar-refractivity contribution in [2.45, 2.75) is 25.7 Å². The molecule has 1 amide bonds. The first-order chi connectivity index (χ1) is 11.6. The summed E-state index contributed by atoms with van der Waals surface area (Å²) in [6, 6.07) is 7.81. The number of carbonyl (C=O) groups excluding carboxylic acids is 1. The summed E-state index contributed by atoms with van der Waals surface area (Å²) in [6.07, 6.45) is 2.12. The van der Waals surface area contributed by atoms with Crippen LogP contribution in [0.15, 0.2) is 30.3 Å². The van der Waals surface area contributed by atoms with Gasteiger partial charge in [0.05, 0.1) is 22.3 Å². The van der Waals surface area contributed by atoms with Gasteiger partial charge in [-0.15, -0.1) is 0 Å². The Labute approximate surface area is 137 Å². The maximum Gasteiger partial charge on any atom is 0.266 e. The maximum absolute atomic E-state index is 13.2. The van der Waals surface area contributed by atoms with E-state index in [1.54, 1.807) is 22.9 Å². The number of fused-ring (bicyclic) bond motifs is 1. The SMILES string of the molecule is Cc1nn(-c2ccc(F)cc2)c2nc(C3CC3)cc(C(=O)NN)c12. The molecular formula is C17H16FN5O. The van der Waals surface area contributed by atoms with Crippen molar-refractivity contribution < 1.29 is 9.18 Å². The number of benzene rings is 1. The van der Waals surface area contributed by atoms with Crippen molar-refractivity contribution in [2.75, 3.05) is 0 Å². The van der Waals surface area contributed by atoms with Crippen LogP contribution in [0.25, 0.3) is 16.7 Å². The molecule has 4 rings (SSSR count). The van der Waals surface area contributed by atoms with E-state index in [-0.39, 0.29) is 11.7 Å². The van der Waals surface area contributed by atoms with E-state index in [1.807, 2.05) is 6.92 Å². The fourth-order valence-corrected chi connectivity index (χ4v) is 2.92. The van der Waals surface area contributed by atoms with Gasteiger partial charge in [0.2, 0.25) is 0 Å². The minimum atomic E-state index is -0.369. The monoisotopic (exact) mass is 325 g/mol. The zero-order valence-electron chi connectivity index (χ0n) is 13.1. The molecule has 6 nitrogen and oxygen atoms in total. The topological polar surface area (TPSA) is 85.8 Å². The predicted octanol–water partition coefficient (Wildman–Crippen LogP) is 2.35. The highest BCUT2D eigenvalue weighted by molar-refractivity contribution is 6.06. The largest absolute Gasteiger partial charge is 0.290 e. The summed E-state index contributed by atoms with van der Waals surface area (Å²) >= 11 is 0. The molecule has 2 aromatic heterocycles. The highest BCUT2D eigenvalue weighted by Crippen LogP contribution is 2.40. The number of aryl methyl sites for hydroxylation is 1. The molecule has 3 N–H and O–H groups in total. The van der Waals surface area contributed by atoms with E-state index in [0.29, 0.717) is 33.9 Å². The lowest BCUT2D eigenvalue weighted by Gasteiger charge is -2.07. The molecule has 122 valence electrons. The summed E-state index contributed by atoms with van der Waals surface area (Å²) in [5.74, 6) is 5.02. The molecule has 0 saturated heterocycles. The van der Waals surface area contributed by atoms with Crippen LogP contribution in [-0.2, 0) is 0 Å². The number of hydrazine groups is 1. The summed E-state index contributed by atoms with van der Waals surface area (Å²) in [4.78, 5) is 16.9. The fraction of sp³-hybridized carbons (Fsp3) is 0.235. The summed E-state index contributed by atoms with van der Waals surface area (Å²) < 4.78 is 14.8. The van der Waals surface area contributed by atoms with Crippen LogP contribution in [0, 0.1) is 12.7 Å². The number of hydrogen-bond donors (Lipinski definition) is 2. The molecule has 0 radical (unpaired) electrons. The van der Waals surface area contributed by atoms with Gasteiger partial charge in [-0.2, -0.15) is 5.10 Å². The average Bonchev–Trinajstić information content (AvgIpc) is 3.39. The molecular weight excluding hydrogens is 309 g/mol. The number of amides is 1. The van der Waals surface area contributed by atoms with Crippen molar-refractivity contribution >= 4 is 16.9 Å². The van der Waals surface area contributed by atoms with Crippen molar-refractivity contribution in [1.82, 2.24) is 20.2 Å². The Morgan fingerprint density at radius 3 is 2.67 bits per heavy atom. The molecule has 2 heterocycles. The third kappa shape index (κ3) is 2.33. The van der Waals surface area contributed by atoms with Gasteiger partial charge in [-0.05, 0) is 50.1 Å². The fourth-order valence-electron chi connectivity index (χ4n) is 2.92. The number of nitrogens with two attached hydrogens (primary N) is 1. The number of nitrogens with zero attached hydrogens (tertiary/aromatic N) is 3. The van der Waals surface area contributed by atoms with E-state index in [4.69, 9.17) is 10.8 Å². The summed E-state index contributed by atoms with van der Waals surface area (Å²) in [7, 11) is 0. The van der Waals surface area contributed by atoms with Gasteiger partial charge in [0.25, 0.3) is 5.91 Å².